The molecule has 0 radical (unpaired) electrons. The molecule has 126 valence electrons. The van der Waals surface area contributed by atoms with Crippen molar-refractivity contribution < 1.29 is 9.47 Å². The molecule has 0 bridgehead atoms. The third-order valence-corrected chi connectivity index (χ3v) is 4.73. The fourth-order valence-electron chi connectivity index (χ4n) is 3.48. The molecule has 4 rings (SSSR count). The standard InChI is InChI=1S/C19H23N3O2/c1-23-17-12-15-14-6-4-7-20-19(14)21-16(15)13-18(17)24-11-5-10-22-8-2-3-9-22/h4,6-7,12-13H,2-3,5,8-11H2,1H3,(H,20,21). The van der Waals surface area contributed by atoms with Crippen LogP contribution >= 0.6 is 0 Å². The molecule has 1 aliphatic rings. The molecule has 1 N–H and O–H groups in total. The van der Waals surface area contributed by atoms with Gasteiger partial charge in [-0.15, -0.1) is 0 Å². The Labute approximate surface area is 141 Å². The number of methoxy groups -OCH3 is 1. The Bertz CT molecular complexity index is 837. The van der Waals surface area contributed by atoms with Gasteiger partial charge in [-0.3, -0.25) is 0 Å². The number of aromatic amines is 1. The van der Waals surface area contributed by atoms with Gasteiger partial charge < -0.3 is 19.4 Å². The third kappa shape index (κ3) is 2.91. The van der Waals surface area contributed by atoms with Crippen LogP contribution < -0.4 is 9.47 Å². The number of hydrogen-bond donors (Lipinski definition) is 1. The zero-order valence-electron chi connectivity index (χ0n) is 14.0. The fourth-order valence-corrected chi connectivity index (χ4v) is 3.48. The summed E-state index contributed by atoms with van der Waals surface area (Å²) in [4.78, 5) is 10.2. The second kappa shape index (κ2) is 6.69. The fraction of sp³-hybridized carbons (Fsp3) is 0.421. The number of rotatable bonds is 6. The van der Waals surface area contributed by atoms with Gasteiger partial charge in [0.15, 0.2) is 11.5 Å². The summed E-state index contributed by atoms with van der Waals surface area (Å²) in [7, 11) is 1.69. The number of hydrogen-bond acceptors (Lipinski definition) is 4. The number of nitrogens with one attached hydrogen (secondary N) is 1. The van der Waals surface area contributed by atoms with E-state index >= 15 is 0 Å². The van der Waals surface area contributed by atoms with Gasteiger partial charge >= 0.3 is 0 Å². The van der Waals surface area contributed by atoms with Gasteiger partial charge in [0.1, 0.15) is 5.65 Å². The van der Waals surface area contributed by atoms with Crippen LogP contribution in [0.15, 0.2) is 30.5 Å². The van der Waals surface area contributed by atoms with Crippen molar-refractivity contribution in [2.75, 3.05) is 33.4 Å². The summed E-state index contributed by atoms with van der Waals surface area (Å²) in [6, 6.07) is 8.07. The topological polar surface area (TPSA) is 50.4 Å². The van der Waals surface area contributed by atoms with Crippen LogP contribution in [-0.4, -0.2) is 48.2 Å². The Kier molecular flexibility index (Phi) is 4.26. The van der Waals surface area contributed by atoms with Gasteiger partial charge in [-0.25, -0.2) is 4.98 Å². The number of aromatic nitrogens is 2. The van der Waals surface area contributed by atoms with E-state index in [9.17, 15) is 0 Å². The third-order valence-electron chi connectivity index (χ3n) is 4.73. The molecule has 0 atom stereocenters. The lowest BCUT2D eigenvalue weighted by atomic mass is 10.2. The lowest BCUT2D eigenvalue weighted by Gasteiger charge is -2.15. The predicted octanol–water partition coefficient (Wildman–Crippen LogP) is 3.59. The first-order valence-corrected chi connectivity index (χ1v) is 8.65. The van der Waals surface area contributed by atoms with Gasteiger partial charge in [-0.2, -0.15) is 0 Å². The molecule has 3 aromatic rings. The summed E-state index contributed by atoms with van der Waals surface area (Å²) in [5, 5.41) is 2.21. The first-order valence-electron chi connectivity index (χ1n) is 8.65. The van der Waals surface area contributed by atoms with Crippen LogP contribution in [-0.2, 0) is 0 Å². The van der Waals surface area contributed by atoms with Crippen LogP contribution in [0.3, 0.4) is 0 Å². The summed E-state index contributed by atoms with van der Waals surface area (Å²) in [6.07, 6.45) is 5.50. The van der Waals surface area contributed by atoms with Gasteiger partial charge in [0.05, 0.1) is 19.2 Å². The lowest BCUT2D eigenvalue weighted by molar-refractivity contribution is 0.254. The van der Waals surface area contributed by atoms with Crippen molar-refractivity contribution in [1.82, 2.24) is 14.9 Å². The molecule has 1 saturated heterocycles. The van der Waals surface area contributed by atoms with Crippen molar-refractivity contribution >= 4 is 21.9 Å². The average Bonchev–Trinajstić information content (AvgIpc) is 3.25. The Balaban J connectivity index is 1.52. The van der Waals surface area contributed by atoms with Gasteiger partial charge in [-0.1, -0.05) is 0 Å². The highest BCUT2D eigenvalue weighted by atomic mass is 16.5. The number of likely N-dealkylation sites (tertiary alicyclic amines) is 1. The molecule has 5 heteroatoms. The molecule has 24 heavy (non-hydrogen) atoms. The summed E-state index contributed by atoms with van der Waals surface area (Å²) >= 11 is 0. The van der Waals surface area contributed by atoms with E-state index in [-0.39, 0.29) is 0 Å². The molecular weight excluding hydrogens is 302 g/mol. The van der Waals surface area contributed by atoms with E-state index in [0.717, 1.165) is 46.4 Å². The van der Waals surface area contributed by atoms with Gasteiger partial charge in [0.25, 0.3) is 0 Å². The Morgan fingerprint density at radius 2 is 2.04 bits per heavy atom. The van der Waals surface area contributed by atoms with Gasteiger partial charge in [0.2, 0.25) is 0 Å². The van der Waals surface area contributed by atoms with Gasteiger partial charge in [0, 0.05) is 29.6 Å². The minimum Gasteiger partial charge on any atom is -0.493 e. The van der Waals surface area contributed by atoms with Crippen LogP contribution in [0.2, 0.25) is 0 Å². The first-order chi connectivity index (χ1) is 11.8. The van der Waals surface area contributed by atoms with E-state index < -0.39 is 0 Å². The number of nitrogens with zero attached hydrogens (tertiary/aromatic N) is 2. The molecule has 0 unspecified atom stereocenters. The van der Waals surface area contributed by atoms with E-state index in [1.54, 1.807) is 13.3 Å². The van der Waals surface area contributed by atoms with Crippen LogP contribution in [0, 0.1) is 0 Å². The smallest absolute Gasteiger partial charge is 0.163 e. The van der Waals surface area contributed by atoms with E-state index in [1.165, 1.54) is 25.9 Å². The largest absolute Gasteiger partial charge is 0.493 e. The van der Waals surface area contributed by atoms with Crippen molar-refractivity contribution in [3.05, 3.63) is 30.5 Å². The van der Waals surface area contributed by atoms with Crippen molar-refractivity contribution in [3.8, 4) is 11.5 Å². The van der Waals surface area contributed by atoms with Gasteiger partial charge in [-0.05, 0) is 50.6 Å². The van der Waals surface area contributed by atoms with Crippen LogP contribution in [0.5, 0.6) is 11.5 Å². The van der Waals surface area contributed by atoms with E-state index in [0.29, 0.717) is 6.61 Å². The summed E-state index contributed by atoms with van der Waals surface area (Å²) in [6.45, 7) is 4.28. The maximum absolute atomic E-state index is 6.00. The molecule has 1 aromatic carbocycles. The number of fused-ring (bicyclic) bond motifs is 3. The maximum Gasteiger partial charge on any atom is 0.163 e. The van der Waals surface area contributed by atoms with Crippen molar-refractivity contribution in [3.63, 3.8) is 0 Å². The Morgan fingerprint density at radius 1 is 1.17 bits per heavy atom. The number of pyridine rings is 1. The predicted molar refractivity (Wildman–Crippen MR) is 95.9 cm³/mol. The zero-order chi connectivity index (χ0) is 16.4. The van der Waals surface area contributed by atoms with E-state index in [4.69, 9.17) is 9.47 Å². The average molecular weight is 325 g/mol. The maximum atomic E-state index is 6.00. The van der Waals surface area contributed by atoms with Crippen molar-refractivity contribution in [2.45, 2.75) is 19.3 Å². The van der Waals surface area contributed by atoms with Crippen molar-refractivity contribution in [1.29, 1.82) is 0 Å². The molecule has 0 aliphatic carbocycles. The molecule has 0 spiro atoms. The molecule has 0 saturated carbocycles. The molecule has 3 heterocycles. The summed E-state index contributed by atoms with van der Waals surface area (Å²) in [5.74, 6) is 1.56. The molecule has 0 amide bonds. The SMILES string of the molecule is COc1cc2c(cc1OCCCN1CCCC1)[nH]c1ncccc12. The van der Waals surface area contributed by atoms with E-state index in [2.05, 4.69) is 20.9 Å². The number of benzene rings is 1. The first kappa shape index (κ1) is 15.3. The molecule has 1 fully saturated rings. The second-order valence-corrected chi connectivity index (χ2v) is 6.32. The highest BCUT2D eigenvalue weighted by Crippen LogP contribution is 2.35. The Morgan fingerprint density at radius 3 is 2.88 bits per heavy atom. The Hall–Kier alpha value is -2.27. The van der Waals surface area contributed by atoms with Crippen LogP contribution in [0.4, 0.5) is 0 Å². The quantitative estimate of drug-likeness (QED) is 0.704. The highest BCUT2D eigenvalue weighted by molar-refractivity contribution is 6.06. The highest BCUT2D eigenvalue weighted by Gasteiger charge is 2.13. The van der Waals surface area contributed by atoms with Crippen molar-refractivity contribution in [2.24, 2.45) is 0 Å². The number of H-pyrrole nitrogens is 1. The molecule has 1 aliphatic heterocycles. The summed E-state index contributed by atoms with van der Waals surface area (Å²) < 4.78 is 11.5. The molecule has 5 nitrogen and oxygen atoms in total. The second-order valence-electron chi connectivity index (χ2n) is 6.32. The lowest BCUT2D eigenvalue weighted by Crippen LogP contribution is -2.21. The minimum atomic E-state index is 0.705. The molecule has 2 aromatic heterocycles. The number of ether oxygens (including phenoxy) is 2. The minimum absolute atomic E-state index is 0.705. The van der Waals surface area contributed by atoms with E-state index in [1.807, 2.05) is 18.2 Å². The normalized spacial score (nSPS) is 15.4. The van der Waals surface area contributed by atoms with Crippen LogP contribution in [0.25, 0.3) is 21.9 Å². The summed E-state index contributed by atoms with van der Waals surface area (Å²) in [5.41, 5.74) is 1.92. The monoisotopic (exact) mass is 325 g/mol. The van der Waals surface area contributed by atoms with Crippen LogP contribution in [0.1, 0.15) is 19.3 Å². The molecular formula is C19H23N3O2. The zero-order valence-corrected chi connectivity index (χ0v) is 14.0.